The van der Waals surface area contributed by atoms with Gasteiger partial charge in [0.1, 0.15) is 0 Å². The Morgan fingerprint density at radius 3 is 0.792 bits per heavy atom. The molecule has 0 aromatic rings. The Labute approximate surface area is 165 Å². The van der Waals surface area contributed by atoms with Crippen LogP contribution in [0.3, 0.4) is 0 Å². The fourth-order valence-corrected chi connectivity index (χ4v) is 0.671. The average molecular weight is 514 g/mol. The van der Waals surface area contributed by atoms with Gasteiger partial charge in [-0.2, -0.15) is 39.3 Å². The summed E-state index contributed by atoms with van der Waals surface area (Å²) in [5, 5.41) is 20.8. The van der Waals surface area contributed by atoms with Crippen molar-refractivity contribution in [3.63, 3.8) is 0 Å². The second kappa shape index (κ2) is 38.8. The first-order valence-corrected chi connectivity index (χ1v) is 10.5. The third-order valence-corrected chi connectivity index (χ3v) is 3.80. The molecule has 24 heavy (non-hydrogen) atoms. The molecule has 0 amide bonds. The van der Waals surface area contributed by atoms with Crippen molar-refractivity contribution in [3.8, 4) is 0 Å². The van der Waals surface area contributed by atoms with E-state index in [1.54, 1.807) is 6.92 Å². The Hall–Kier alpha value is 0.380. The molecule has 0 unspecified atom stereocenters. The Bertz CT molecular complexity index is 157. The van der Waals surface area contributed by atoms with E-state index in [0.29, 0.717) is 0 Å². The summed E-state index contributed by atoms with van der Waals surface area (Å²) in [7, 11) is 0. The molecule has 6 heteroatoms. The van der Waals surface area contributed by atoms with Crippen molar-refractivity contribution in [2.24, 2.45) is 3.34 Å². The quantitative estimate of drug-likeness (QED) is 0.488. The normalized spacial score (nSPS) is 8.75. The van der Waals surface area contributed by atoms with Crippen LogP contribution in [0.15, 0.2) is 3.34 Å². The first kappa shape index (κ1) is 35.5. The van der Waals surface area contributed by atoms with Gasteiger partial charge in [-0.3, -0.25) is 0 Å². The van der Waals surface area contributed by atoms with Gasteiger partial charge >= 0.3 is 50.5 Å². The third kappa shape index (κ3) is 116. The molecule has 0 saturated heterocycles. The van der Waals surface area contributed by atoms with E-state index >= 15 is 0 Å². The van der Waals surface area contributed by atoms with E-state index in [4.69, 9.17) is 5.11 Å². The van der Waals surface area contributed by atoms with Crippen LogP contribution in [0.1, 0.15) is 69.2 Å². The van der Waals surface area contributed by atoms with Crippen molar-refractivity contribution in [2.75, 3.05) is 45.9 Å². The number of hydrogen-bond acceptors (Lipinski definition) is 2. The Kier molecular flexibility index (Phi) is 57.3. The maximum atomic E-state index is 8.93. The zero-order chi connectivity index (χ0) is 20.3. The Balaban J connectivity index is -0.0000000636. The van der Waals surface area contributed by atoms with Crippen molar-refractivity contribution in [2.45, 2.75) is 74.8 Å². The van der Waals surface area contributed by atoms with Gasteiger partial charge in [0.25, 0.3) is 0 Å². The van der Waals surface area contributed by atoms with Crippen molar-refractivity contribution in [1.82, 2.24) is 0 Å². The molecule has 0 aliphatic heterocycles. The van der Waals surface area contributed by atoms with Gasteiger partial charge in [0.15, 0.2) is 0 Å². The van der Waals surface area contributed by atoms with Crippen LogP contribution in [0.4, 0.5) is 0 Å². The maximum Gasteiger partial charge on any atom is -0.0809 e. The van der Waals surface area contributed by atoms with Crippen LogP contribution in [-0.4, -0.2) is 51.4 Å². The van der Waals surface area contributed by atoms with E-state index in [1.165, 1.54) is 0 Å². The molecule has 0 N–H and O–H groups in total. The van der Waals surface area contributed by atoms with Crippen LogP contribution in [0.25, 0.3) is 16.0 Å². The van der Waals surface area contributed by atoms with Crippen LogP contribution in [0.5, 0.6) is 0 Å². The van der Waals surface area contributed by atoms with E-state index in [-0.39, 0.29) is 12.1 Å². The zero-order valence-corrected chi connectivity index (χ0v) is 21.3. The predicted molar refractivity (Wildman–Crippen MR) is 106 cm³/mol. The summed E-state index contributed by atoms with van der Waals surface area (Å²) >= 11 is 1.15. The van der Waals surface area contributed by atoms with Crippen molar-refractivity contribution in [3.05, 3.63) is 16.0 Å². The monoisotopic (exact) mass is 513 g/mol. The molecule has 151 valence electrons. The smallest absolute Gasteiger partial charge is 0.0809 e. The Morgan fingerprint density at radius 2 is 0.792 bits per heavy atom. The SMILES string of the molecule is CC(C)(C)[N]=[Ta].CC[N-]CC.CC[N-]CC.CC[N-]CC.CC[O-]. The van der Waals surface area contributed by atoms with Crippen molar-refractivity contribution >= 4 is 0 Å². The molecule has 5 nitrogen and oxygen atoms in total. The van der Waals surface area contributed by atoms with Gasteiger partial charge in [-0.05, 0) is 0 Å². The molecule has 0 aromatic carbocycles. The van der Waals surface area contributed by atoms with Gasteiger partial charge in [0, 0.05) is 0 Å². The van der Waals surface area contributed by atoms with Crippen LogP contribution in [0, 0.1) is 0 Å². The molecule has 0 aliphatic carbocycles. The number of nitrogens with zero attached hydrogens (tertiary/aromatic N) is 4. The fraction of sp³-hybridized carbons (Fsp3) is 1.00. The summed E-state index contributed by atoms with van der Waals surface area (Å²) < 4.78 is 4.13. The first-order valence-electron chi connectivity index (χ1n) is 9.06. The van der Waals surface area contributed by atoms with Gasteiger partial charge in [0.05, 0.1) is 0 Å². The van der Waals surface area contributed by atoms with E-state index < -0.39 is 0 Å². The second-order valence-corrected chi connectivity index (χ2v) is 5.85. The average Bonchev–Trinajstić information content (AvgIpc) is 2.52. The maximum absolute atomic E-state index is 8.93. The summed E-state index contributed by atoms with van der Waals surface area (Å²) in [5.74, 6) is 0. The molecular formula is C18H44N4OTa-4. The second-order valence-electron chi connectivity index (χ2n) is 5.13. The van der Waals surface area contributed by atoms with Crippen LogP contribution < -0.4 is 5.11 Å². The van der Waals surface area contributed by atoms with Crippen LogP contribution in [-0.2, 0) is 20.9 Å². The minimum absolute atomic E-state index is 0. The molecule has 0 radical (unpaired) electrons. The Morgan fingerprint density at radius 1 is 0.667 bits per heavy atom. The van der Waals surface area contributed by atoms with E-state index in [2.05, 4.69) is 40.1 Å². The zero-order valence-electron chi connectivity index (χ0n) is 18.1. The predicted octanol–water partition coefficient (Wildman–Crippen LogP) is 5.08. The van der Waals surface area contributed by atoms with E-state index in [1.807, 2.05) is 41.5 Å². The number of rotatable bonds is 6. The minimum atomic E-state index is 0. The van der Waals surface area contributed by atoms with Gasteiger partial charge < -0.3 is 21.1 Å². The minimum Gasteiger partial charge on any atom is -0.855 e. The summed E-state index contributed by atoms with van der Waals surface area (Å²) in [6.45, 7) is 26.0. The molecule has 0 aliphatic rings. The number of hydrogen-bond donors (Lipinski definition) is 0. The summed E-state index contributed by atoms with van der Waals surface area (Å²) in [5.41, 5.74) is 0.216. The van der Waals surface area contributed by atoms with Gasteiger partial charge in [-0.25, -0.2) is 0 Å². The van der Waals surface area contributed by atoms with Crippen molar-refractivity contribution < 1.29 is 26.0 Å². The van der Waals surface area contributed by atoms with Crippen LogP contribution in [0.2, 0.25) is 0 Å². The molecule has 0 aromatic heterocycles. The third-order valence-electron chi connectivity index (χ3n) is 1.64. The largest absolute Gasteiger partial charge is 0.855 e. The standard InChI is InChI=1S/C4H9N.3C4H10N.C2H5O.Ta/c1-4(2,3)5;3*1-3-5-4-2;1-2-3;/h1-3H3;3*3-4H2,1-2H3;2H2,1H3;/q;4*-1;. The first-order chi connectivity index (χ1) is 11.2. The van der Waals surface area contributed by atoms with Crippen molar-refractivity contribution in [1.29, 1.82) is 0 Å². The summed E-state index contributed by atoms with van der Waals surface area (Å²) in [6, 6.07) is 0. The fourth-order valence-electron chi connectivity index (χ4n) is 0.671. The molecule has 0 atom stereocenters. The van der Waals surface area contributed by atoms with Gasteiger partial charge in [-0.1, -0.05) is 48.5 Å². The van der Waals surface area contributed by atoms with E-state index in [0.717, 1.165) is 60.2 Å². The molecule has 0 spiro atoms. The van der Waals surface area contributed by atoms with E-state index in [9.17, 15) is 0 Å². The summed E-state index contributed by atoms with van der Waals surface area (Å²) in [4.78, 5) is 0. The molecule has 0 saturated carbocycles. The van der Waals surface area contributed by atoms with Gasteiger partial charge in [0.2, 0.25) is 0 Å². The topological polar surface area (TPSA) is 77.7 Å². The molecule has 0 fully saturated rings. The molecule has 0 bridgehead atoms. The molecule has 0 heterocycles. The van der Waals surface area contributed by atoms with Gasteiger partial charge in [-0.15, -0.1) is 6.61 Å². The summed E-state index contributed by atoms with van der Waals surface area (Å²) in [6.07, 6.45) is 0. The molecule has 0 rings (SSSR count). The molecular weight excluding hydrogens is 469 g/mol. The van der Waals surface area contributed by atoms with Crippen LogP contribution >= 0.6 is 0 Å².